The van der Waals surface area contributed by atoms with Crippen molar-refractivity contribution in [2.75, 3.05) is 12.3 Å². The van der Waals surface area contributed by atoms with E-state index in [1.54, 1.807) is 23.4 Å². The van der Waals surface area contributed by atoms with Crippen LogP contribution in [0.1, 0.15) is 25.5 Å². The summed E-state index contributed by atoms with van der Waals surface area (Å²) in [6.07, 6.45) is 3.01. The van der Waals surface area contributed by atoms with Gasteiger partial charge in [0.15, 0.2) is 4.96 Å². The zero-order chi connectivity index (χ0) is 18.0. The molecule has 2 aromatic heterocycles. The highest BCUT2D eigenvalue weighted by atomic mass is 32.2. The van der Waals surface area contributed by atoms with Gasteiger partial charge < -0.3 is 10.0 Å². The molecule has 134 valence electrons. The molecule has 0 spiro atoms. The fraction of sp³-hybridized carbons (Fsp3) is 0.500. The van der Waals surface area contributed by atoms with E-state index in [4.69, 9.17) is 0 Å². The van der Waals surface area contributed by atoms with Crippen molar-refractivity contribution in [3.63, 3.8) is 0 Å². The third kappa shape index (κ3) is 3.87. The summed E-state index contributed by atoms with van der Waals surface area (Å²) >= 11 is 2.79. The molecule has 25 heavy (non-hydrogen) atoms. The second-order valence-corrected chi connectivity index (χ2v) is 7.91. The summed E-state index contributed by atoms with van der Waals surface area (Å²) in [5.74, 6) is -0.670. The summed E-state index contributed by atoms with van der Waals surface area (Å²) in [5.41, 5.74) is 0.530. The molecular formula is C16H19N3O4S2. The Morgan fingerprint density at radius 2 is 2.28 bits per heavy atom. The van der Waals surface area contributed by atoms with Crippen molar-refractivity contribution in [2.45, 2.75) is 31.6 Å². The third-order valence-corrected chi connectivity index (χ3v) is 6.16. The highest BCUT2D eigenvalue weighted by Crippen LogP contribution is 2.25. The number of thioether (sulfide) groups is 1. The van der Waals surface area contributed by atoms with Crippen LogP contribution in [-0.4, -0.2) is 49.6 Å². The lowest BCUT2D eigenvalue weighted by molar-refractivity contribution is -0.148. The Morgan fingerprint density at radius 3 is 3.04 bits per heavy atom. The molecule has 3 heterocycles. The van der Waals surface area contributed by atoms with Crippen molar-refractivity contribution in [1.82, 2.24) is 14.3 Å². The number of hydrogen-bond donors (Lipinski definition) is 1. The van der Waals surface area contributed by atoms with Crippen molar-refractivity contribution in [3.8, 4) is 0 Å². The standard InChI is InChI=1S/C16H19N3O4S2/c1-10-12(15(22)23)3-2-4-18(10)14(21)9-24-8-11-7-13(20)19-5-6-25-16(19)17-11/h5-7,10,12H,2-4,8-9H2,1H3,(H,22,23)/t10-,12-/m1/s1. The Kier molecular flexibility index (Phi) is 5.43. The number of thiazole rings is 1. The number of carboxylic acid groups (broad SMARTS) is 1. The number of piperidine rings is 1. The first-order valence-electron chi connectivity index (χ1n) is 8.03. The van der Waals surface area contributed by atoms with Crippen LogP contribution in [-0.2, 0) is 15.3 Å². The fourth-order valence-electron chi connectivity index (χ4n) is 3.11. The predicted octanol–water partition coefficient (Wildman–Crippen LogP) is 1.70. The van der Waals surface area contributed by atoms with E-state index >= 15 is 0 Å². The molecule has 1 amide bonds. The Bertz CT molecular complexity index is 847. The van der Waals surface area contributed by atoms with Crippen molar-refractivity contribution >= 4 is 39.9 Å². The molecule has 2 aromatic rings. The molecule has 1 aliphatic rings. The molecular weight excluding hydrogens is 362 g/mol. The Hall–Kier alpha value is -1.87. The Labute approximate surface area is 152 Å². The summed E-state index contributed by atoms with van der Waals surface area (Å²) in [7, 11) is 0. The molecule has 0 radical (unpaired) electrons. The number of amides is 1. The molecule has 1 aliphatic heterocycles. The highest BCUT2D eigenvalue weighted by molar-refractivity contribution is 7.99. The number of aromatic nitrogens is 2. The largest absolute Gasteiger partial charge is 0.481 e. The molecule has 1 saturated heterocycles. The quantitative estimate of drug-likeness (QED) is 0.848. The smallest absolute Gasteiger partial charge is 0.308 e. The second kappa shape index (κ2) is 7.57. The number of hydrogen-bond acceptors (Lipinski definition) is 6. The summed E-state index contributed by atoms with van der Waals surface area (Å²) in [6, 6.07) is 1.20. The lowest BCUT2D eigenvalue weighted by Gasteiger charge is -2.37. The van der Waals surface area contributed by atoms with Gasteiger partial charge in [-0.25, -0.2) is 4.98 Å². The normalized spacial score (nSPS) is 20.8. The fourth-order valence-corrected chi connectivity index (χ4v) is 4.65. The zero-order valence-corrected chi connectivity index (χ0v) is 15.4. The van der Waals surface area contributed by atoms with Crippen LogP contribution in [0.3, 0.4) is 0 Å². The zero-order valence-electron chi connectivity index (χ0n) is 13.8. The van der Waals surface area contributed by atoms with E-state index in [-0.39, 0.29) is 23.3 Å². The first-order chi connectivity index (χ1) is 12.0. The summed E-state index contributed by atoms with van der Waals surface area (Å²) < 4.78 is 1.49. The first-order valence-corrected chi connectivity index (χ1v) is 10.1. The number of carboxylic acids is 1. The minimum absolute atomic E-state index is 0.0580. The van der Waals surface area contributed by atoms with Gasteiger partial charge in [-0.05, 0) is 19.8 Å². The van der Waals surface area contributed by atoms with Gasteiger partial charge >= 0.3 is 5.97 Å². The van der Waals surface area contributed by atoms with E-state index in [1.165, 1.54) is 33.6 Å². The van der Waals surface area contributed by atoms with Gasteiger partial charge in [-0.3, -0.25) is 18.8 Å². The minimum Gasteiger partial charge on any atom is -0.481 e. The summed E-state index contributed by atoms with van der Waals surface area (Å²) in [5, 5.41) is 11.1. The van der Waals surface area contributed by atoms with Gasteiger partial charge in [0.1, 0.15) is 0 Å². The van der Waals surface area contributed by atoms with Crippen LogP contribution in [0.4, 0.5) is 0 Å². The maximum absolute atomic E-state index is 12.4. The number of aliphatic carboxylic acids is 1. The van der Waals surface area contributed by atoms with Crippen LogP contribution in [0.25, 0.3) is 4.96 Å². The van der Waals surface area contributed by atoms with Gasteiger partial charge in [0.25, 0.3) is 5.56 Å². The van der Waals surface area contributed by atoms with Crippen LogP contribution in [0.2, 0.25) is 0 Å². The van der Waals surface area contributed by atoms with Gasteiger partial charge in [-0.1, -0.05) is 0 Å². The number of carbonyl (C=O) groups is 2. The number of nitrogens with zero attached hydrogens (tertiary/aromatic N) is 3. The van der Waals surface area contributed by atoms with Crippen LogP contribution in [0, 0.1) is 5.92 Å². The molecule has 1 fully saturated rings. The number of rotatable bonds is 5. The SMILES string of the molecule is C[C@@H]1[C@H](C(=O)O)CCCN1C(=O)CSCc1cc(=O)n2ccsc2n1. The van der Waals surface area contributed by atoms with Crippen molar-refractivity contribution in [1.29, 1.82) is 0 Å². The van der Waals surface area contributed by atoms with Crippen molar-refractivity contribution in [3.05, 3.63) is 33.7 Å². The van der Waals surface area contributed by atoms with E-state index in [1.807, 2.05) is 0 Å². The molecule has 7 nitrogen and oxygen atoms in total. The average Bonchev–Trinajstić information content (AvgIpc) is 3.03. The van der Waals surface area contributed by atoms with Crippen LogP contribution in [0.15, 0.2) is 22.4 Å². The van der Waals surface area contributed by atoms with Crippen molar-refractivity contribution in [2.24, 2.45) is 5.92 Å². The van der Waals surface area contributed by atoms with Gasteiger partial charge in [0.2, 0.25) is 5.91 Å². The van der Waals surface area contributed by atoms with Gasteiger partial charge in [-0.15, -0.1) is 23.1 Å². The van der Waals surface area contributed by atoms with E-state index in [9.17, 15) is 19.5 Å². The second-order valence-electron chi connectivity index (χ2n) is 6.05. The van der Waals surface area contributed by atoms with Crippen LogP contribution < -0.4 is 5.56 Å². The lowest BCUT2D eigenvalue weighted by atomic mass is 9.90. The molecule has 9 heteroatoms. The monoisotopic (exact) mass is 381 g/mol. The molecule has 3 rings (SSSR count). The lowest BCUT2D eigenvalue weighted by Crippen LogP contribution is -2.49. The minimum atomic E-state index is -0.841. The van der Waals surface area contributed by atoms with E-state index in [2.05, 4.69) is 4.98 Å². The van der Waals surface area contributed by atoms with E-state index in [0.29, 0.717) is 35.8 Å². The van der Waals surface area contributed by atoms with Crippen molar-refractivity contribution < 1.29 is 14.7 Å². The maximum atomic E-state index is 12.4. The Balaban J connectivity index is 1.58. The molecule has 0 aliphatic carbocycles. The topological polar surface area (TPSA) is 92.0 Å². The highest BCUT2D eigenvalue weighted by Gasteiger charge is 2.34. The number of fused-ring (bicyclic) bond motifs is 1. The van der Waals surface area contributed by atoms with E-state index < -0.39 is 11.9 Å². The maximum Gasteiger partial charge on any atom is 0.308 e. The molecule has 0 bridgehead atoms. The summed E-state index contributed by atoms with van der Waals surface area (Å²) in [4.78, 5) is 42.4. The molecule has 2 atom stereocenters. The molecule has 0 saturated carbocycles. The number of likely N-dealkylation sites (tertiary alicyclic amines) is 1. The molecule has 0 unspecified atom stereocenters. The average molecular weight is 381 g/mol. The summed E-state index contributed by atoms with van der Waals surface area (Å²) in [6.45, 7) is 2.40. The predicted molar refractivity (Wildman–Crippen MR) is 97.0 cm³/mol. The molecule has 1 N–H and O–H groups in total. The molecule has 0 aromatic carbocycles. The van der Waals surface area contributed by atoms with Gasteiger partial charge in [-0.2, -0.15) is 0 Å². The third-order valence-electron chi connectivity index (χ3n) is 4.46. The Morgan fingerprint density at radius 1 is 1.48 bits per heavy atom. The first kappa shape index (κ1) is 17.9. The van der Waals surface area contributed by atoms with E-state index in [0.717, 1.165) is 0 Å². The van der Waals surface area contributed by atoms with Crippen LogP contribution in [0.5, 0.6) is 0 Å². The number of carbonyl (C=O) groups excluding carboxylic acids is 1. The van der Waals surface area contributed by atoms with Crippen LogP contribution >= 0.6 is 23.1 Å². The van der Waals surface area contributed by atoms with Gasteiger partial charge in [0.05, 0.1) is 17.4 Å². The van der Waals surface area contributed by atoms with Gasteiger partial charge in [0, 0.05) is 36.0 Å².